The van der Waals surface area contributed by atoms with E-state index in [0.717, 1.165) is 16.6 Å². The van der Waals surface area contributed by atoms with Gasteiger partial charge in [0.25, 0.3) is 0 Å². The van der Waals surface area contributed by atoms with Crippen LogP contribution in [0.3, 0.4) is 0 Å². The van der Waals surface area contributed by atoms with Crippen molar-refractivity contribution in [3.63, 3.8) is 0 Å². The second kappa shape index (κ2) is 5.34. The molecule has 0 saturated carbocycles. The Morgan fingerprint density at radius 3 is 2.41 bits per heavy atom. The van der Waals surface area contributed by atoms with Crippen LogP contribution in [0, 0.1) is 5.41 Å². The molecule has 110 valence electrons. The molecule has 0 unspecified atom stereocenters. The number of fused-ring (bicyclic) bond motifs is 1. The fraction of sp³-hybridized carbons (Fsp3) is 0.211. The third-order valence-electron chi connectivity index (χ3n) is 3.58. The van der Waals surface area contributed by atoms with Crippen molar-refractivity contribution in [2.24, 2.45) is 5.41 Å². The van der Waals surface area contributed by atoms with Gasteiger partial charge in [-0.15, -0.1) is 0 Å². The lowest BCUT2D eigenvalue weighted by molar-refractivity contribution is 0.0860. The first-order chi connectivity index (χ1) is 10.5. The van der Waals surface area contributed by atoms with Crippen molar-refractivity contribution >= 4 is 16.8 Å². The van der Waals surface area contributed by atoms with Crippen LogP contribution in [-0.4, -0.2) is 15.8 Å². The Morgan fingerprint density at radius 2 is 1.73 bits per heavy atom. The zero-order valence-electron chi connectivity index (χ0n) is 13.0. The summed E-state index contributed by atoms with van der Waals surface area (Å²) in [5.41, 5.74) is 2.61. The van der Waals surface area contributed by atoms with Crippen LogP contribution in [0.4, 0.5) is 0 Å². The van der Waals surface area contributed by atoms with Gasteiger partial charge in [-0.05, 0) is 18.2 Å². The first-order valence-corrected chi connectivity index (χ1v) is 7.33. The van der Waals surface area contributed by atoms with Gasteiger partial charge in [0.1, 0.15) is 0 Å². The van der Waals surface area contributed by atoms with Crippen molar-refractivity contribution in [1.29, 1.82) is 0 Å². The molecule has 0 fully saturated rings. The Morgan fingerprint density at radius 1 is 1.00 bits per heavy atom. The van der Waals surface area contributed by atoms with Gasteiger partial charge in [-0.3, -0.25) is 4.79 Å². The topological polar surface area (TPSA) is 42.9 Å². The molecule has 3 rings (SSSR count). The lowest BCUT2D eigenvalue weighted by Gasteiger charge is -2.18. The predicted molar refractivity (Wildman–Crippen MR) is 88.8 cm³/mol. The highest BCUT2D eigenvalue weighted by Gasteiger charge is 2.25. The summed E-state index contributed by atoms with van der Waals surface area (Å²) in [6.07, 6.45) is 1.70. The summed E-state index contributed by atoms with van der Waals surface area (Å²) >= 11 is 0. The molecule has 3 aromatic rings. The maximum atomic E-state index is 12.8. The largest absolute Gasteiger partial charge is 0.294 e. The van der Waals surface area contributed by atoms with Crippen molar-refractivity contribution in [3.05, 3.63) is 60.3 Å². The number of nitrogens with zero attached hydrogens (tertiary/aromatic N) is 2. The molecular formula is C19H18N2O. The lowest BCUT2D eigenvalue weighted by atomic mass is 9.85. The maximum Gasteiger partial charge on any atom is 0.168 e. The molecule has 0 atom stereocenters. The normalized spacial score (nSPS) is 11.6. The van der Waals surface area contributed by atoms with Gasteiger partial charge in [0.05, 0.1) is 5.69 Å². The predicted octanol–water partition coefficient (Wildman–Crippen LogP) is 4.53. The van der Waals surface area contributed by atoms with Gasteiger partial charge >= 0.3 is 0 Å². The van der Waals surface area contributed by atoms with E-state index in [1.807, 2.05) is 69.3 Å². The average Bonchev–Trinajstić information content (AvgIpc) is 2.53. The number of hydrogen-bond acceptors (Lipinski definition) is 3. The fourth-order valence-corrected chi connectivity index (χ4v) is 2.41. The van der Waals surface area contributed by atoms with Crippen molar-refractivity contribution in [1.82, 2.24) is 9.97 Å². The van der Waals surface area contributed by atoms with Crippen LogP contribution in [0.25, 0.3) is 22.3 Å². The van der Waals surface area contributed by atoms with Gasteiger partial charge in [0.15, 0.2) is 11.4 Å². The highest BCUT2D eigenvalue weighted by Crippen LogP contribution is 2.29. The number of aromatic nitrogens is 2. The number of carbonyl (C=O) groups is 1. The fourth-order valence-electron chi connectivity index (χ4n) is 2.41. The molecule has 22 heavy (non-hydrogen) atoms. The first kappa shape index (κ1) is 14.4. The molecule has 2 heterocycles. The van der Waals surface area contributed by atoms with Gasteiger partial charge < -0.3 is 0 Å². The third-order valence-corrected chi connectivity index (χ3v) is 3.58. The molecule has 0 N–H and O–H groups in total. The summed E-state index contributed by atoms with van der Waals surface area (Å²) in [5.74, 6) is 0.102. The monoisotopic (exact) mass is 290 g/mol. The van der Waals surface area contributed by atoms with E-state index in [4.69, 9.17) is 0 Å². The van der Waals surface area contributed by atoms with Crippen LogP contribution in [-0.2, 0) is 0 Å². The smallest absolute Gasteiger partial charge is 0.168 e. The molecule has 0 bridgehead atoms. The van der Waals surface area contributed by atoms with E-state index >= 15 is 0 Å². The Balaban J connectivity index is 2.28. The SMILES string of the molecule is CC(C)(C)C(=O)c1cc(-c2ccccc2)nc2ncccc12. The second-order valence-corrected chi connectivity index (χ2v) is 6.37. The quantitative estimate of drug-likeness (QED) is 0.651. The van der Waals surface area contributed by atoms with Gasteiger partial charge in [0.2, 0.25) is 0 Å². The minimum absolute atomic E-state index is 0.102. The van der Waals surface area contributed by atoms with E-state index < -0.39 is 5.41 Å². The van der Waals surface area contributed by atoms with Crippen LogP contribution in [0.15, 0.2) is 54.7 Å². The molecule has 3 nitrogen and oxygen atoms in total. The average molecular weight is 290 g/mol. The first-order valence-electron chi connectivity index (χ1n) is 7.33. The number of Topliss-reactive ketones (excluding diaryl/α,β-unsaturated/α-hetero) is 1. The molecular weight excluding hydrogens is 272 g/mol. The van der Waals surface area contributed by atoms with Crippen LogP contribution in [0.5, 0.6) is 0 Å². The van der Waals surface area contributed by atoms with E-state index in [2.05, 4.69) is 9.97 Å². The maximum absolute atomic E-state index is 12.8. The van der Waals surface area contributed by atoms with Crippen LogP contribution in [0.2, 0.25) is 0 Å². The van der Waals surface area contributed by atoms with E-state index in [0.29, 0.717) is 11.2 Å². The Kier molecular flexibility index (Phi) is 3.49. The molecule has 0 aliphatic carbocycles. The van der Waals surface area contributed by atoms with Crippen LogP contribution in [0.1, 0.15) is 31.1 Å². The Bertz CT molecular complexity index is 833. The molecule has 1 aromatic carbocycles. The van der Waals surface area contributed by atoms with Crippen molar-refractivity contribution in [2.45, 2.75) is 20.8 Å². The third kappa shape index (κ3) is 2.62. The highest BCUT2D eigenvalue weighted by molar-refractivity contribution is 6.09. The summed E-state index contributed by atoms with van der Waals surface area (Å²) in [6.45, 7) is 5.79. The number of carbonyl (C=O) groups excluding carboxylic acids is 1. The summed E-state index contributed by atoms with van der Waals surface area (Å²) in [7, 11) is 0. The van der Waals surface area contributed by atoms with Gasteiger partial charge in [0, 0.05) is 28.1 Å². The van der Waals surface area contributed by atoms with Gasteiger partial charge in [-0.1, -0.05) is 51.1 Å². The molecule has 0 aliphatic rings. The second-order valence-electron chi connectivity index (χ2n) is 6.37. The summed E-state index contributed by atoms with van der Waals surface area (Å²) in [4.78, 5) is 21.7. The number of pyridine rings is 2. The lowest BCUT2D eigenvalue weighted by Crippen LogP contribution is -2.20. The zero-order valence-corrected chi connectivity index (χ0v) is 13.0. The summed E-state index contributed by atoms with van der Waals surface area (Å²) < 4.78 is 0. The summed E-state index contributed by atoms with van der Waals surface area (Å²) in [5, 5.41) is 0.808. The molecule has 3 heteroatoms. The van der Waals surface area contributed by atoms with Crippen molar-refractivity contribution < 1.29 is 4.79 Å². The van der Waals surface area contributed by atoms with E-state index in [1.54, 1.807) is 6.20 Å². The molecule has 0 radical (unpaired) electrons. The van der Waals surface area contributed by atoms with E-state index in [1.165, 1.54) is 0 Å². The number of hydrogen-bond donors (Lipinski definition) is 0. The number of rotatable bonds is 2. The Hall–Kier alpha value is -2.55. The summed E-state index contributed by atoms with van der Waals surface area (Å²) in [6, 6.07) is 15.5. The molecule has 0 saturated heterocycles. The minimum atomic E-state index is -0.446. The van der Waals surface area contributed by atoms with E-state index in [-0.39, 0.29) is 5.78 Å². The van der Waals surface area contributed by atoms with E-state index in [9.17, 15) is 4.79 Å². The minimum Gasteiger partial charge on any atom is -0.294 e. The van der Waals surface area contributed by atoms with Crippen LogP contribution >= 0.6 is 0 Å². The van der Waals surface area contributed by atoms with Crippen molar-refractivity contribution in [2.75, 3.05) is 0 Å². The van der Waals surface area contributed by atoms with Gasteiger partial charge in [-0.2, -0.15) is 0 Å². The van der Waals surface area contributed by atoms with Crippen LogP contribution < -0.4 is 0 Å². The van der Waals surface area contributed by atoms with Gasteiger partial charge in [-0.25, -0.2) is 9.97 Å². The molecule has 0 amide bonds. The zero-order chi connectivity index (χ0) is 15.7. The molecule has 0 spiro atoms. The standard InChI is InChI=1S/C19H18N2O/c1-19(2,3)17(22)15-12-16(13-8-5-4-6-9-13)21-18-14(15)10-7-11-20-18/h4-12H,1-3H3. The number of ketones is 1. The van der Waals surface area contributed by atoms with Crippen molar-refractivity contribution in [3.8, 4) is 11.3 Å². The highest BCUT2D eigenvalue weighted by atomic mass is 16.1. The number of benzene rings is 1. The molecule has 0 aliphatic heterocycles. The Labute approximate surface area is 130 Å². The molecule has 2 aromatic heterocycles.